The topological polar surface area (TPSA) is 81.4 Å². The van der Waals surface area contributed by atoms with Crippen molar-refractivity contribution in [1.82, 2.24) is 5.32 Å². The first kappa shape index (κ1) is 22.1. The van der Waals surface area contributed by atoms with Crippen LogP contribution in [0.3, 0.4) is 0 Å². The molecule has 0 saturated carbocycles. The Labute approximate surface area is 141 Å². The number of esters is 1. The molecule has 136 valence electrons. The van der Waals surface area contributed by atoms with Gasteiger partial charge in [-0.2, -0.15) is 0 Å². The average Bonchev–Trinajstić information content (AvgIpc) is 2.32. The van der Waals surface area contributed by atoms with E-state index >= 15 is 0 Å². The van der Waals surface area contributed by atoms with E-state index in [0.29, 0.717) is 6.42 Å². The molecular weight excluding hydrogens is 292 g/mol. The van der Waals surface area contributed by atoms with Crippen LogP contribution >= 0.6 is 0 Å². The summed E-state index contributed by atoms with van der Waals surface area (Å²) in [5, 5.41) is 3.18. The minimum Gasteiger partial charge on any atom is -0.459 e. The number of nitrogens with two attached hydrogens (primary N) is 1. The lowest BCUT2D eigenvalue weighted by molar-refractivity contribution is -0.155. The summed E-state index contributed by atoms with van der Waals surface area (Å²) in [7, 11) is 0. The molecule has 0 aromatic heterocycles. The molecule has 5 heteroatoms. The SMILES string of the molecule is CC(C)CC(OC(=O)C(C)NC(C)(C)C)C(N)C(=O)C(C)(C)C. The van der Waals surface area contributed by atoms with Crippen LogP contribution in [0.4, 0.5) is 0 Å². The predicted octanol–water partition coefficient (Wildman–Crippen LogP) is 2.66. The lowest BCUT2D eigenvalue weighted by Crippen LogP contribution is -2.52. The number of nitrogens with one attached hydrogen (secondary N) is 1. The Balaban J connectivity index is 5.06. The van der Waals surface area contributed by atoms with Crippen LogP contribution < -0.4 is 11.1 Å². The molecule has 3 unspecified atom stereocenters. The van der Waals surface area contributed by atoms with E-state index in [1.54, 1.807) is 6.92 Å². The number of rotatable bonds is 7. The zero-order valence-corrected chi connectivity index (χ0v) is 16.3. The van der Waals surface area contributed by atoms with Crippen molar-refractivity contribution in [2.24, 2.45) is 17.1 Å². The third kappa shape index (κ3) is 8.47. The lowest BCUT2D eigenvalue weighted by atomic mass is 9.83. The monoisotopic (exact) mass is 328 g/mol. The van der Waals surface area contributed by atoms with Gasteiger partial charge in [0.2, 0.25) is 0 Å². The van der Waals surface area contributed by atoms with Gasteiger partial charge in [-0.3, -0.25) is 14.9 Å². The molecule has 0 aliphatic heterocycles. The van der Waals surface area contributed by atoms with E-state index in [1.807, 2.05) is 55.4 Å². The Morgan fingerprint density at radius 1 is 1.04 bits per heavy atom. The predicted molar refractivity (Wildman–Crippen MR) is 94.1 cm³/mol. The van der Waals surface area contributed by atoms with Crippen LogP contribution in [0, 0.1) is 11.3 Å². The molecule has 0 aliphatic rings. The Bertz CT molecular complexity index is 405. The summed E-state index contributed by atoms with van der Waals surface area (Å²) in [4.78, 5) is 24.8. The number of hydrogen-bond donors (Lipinski definition) is 2. The van der Waals surface area contributed by atoms with Crippen LogP contribution in [0.25, 0.3) is 0 Å². The number of hydrogen-bond acceptors (Lipinski definition) is 5. The van der Waals surface area contributed by atoms with Crippen LogP contribution in [0.2, 0.25) is 0 Å². The van der Waals surface area contributed by atoms with Crippen molar-refractivity contribution in [3.63, 3.8) is 0 Å². The molecule has 3 N–H and O–H groups in total. The first-order valence-corrected chi connectivity index (χ1v) is 8.43. The molecule has 0 aromatic rings. The van der Waals surface area contributed by atoms with Crippen LogP contribution in [-0.4, -0.2) is 35.5 Å². The summed E-state index contributed by atoms with van der Waals surface area (Å²) < 4.78 is 5.60. The van der Waals surface area contributed by atoms with E-state index in [2.05, 4.69) is 5.32 Å². The quantitative estimate of drug-likeness (QED) is 0.702. The van der Waals surface area contributed by atoms with Crippen molar-refractivity contribution >= 4 is 11.8 Å². The van der Waals surface area contributed by atoms with Crippen LogP contribution in [0.15, 0.2) is 0 Å². The molecule has 0 saturated heterocycles. The molecule has 0 bridgehead atoms. The fourth-order valence-electron chi connectivity index (χ4n) is 2.36. The van der Waals surface area contributed by atoms with Crippen molar-refractivity contribution in [2.75, 3.05) is 0 Å². The van der Waals surface area contributed by atoms with Gasteiger partial charge < -0.3 is 10.5 Å². The van der Waals surface area contributed by atoms with Gasteiger partial charge >= 0.3 is 5.97 Å². The zero-order chi connectivity index (χ0) is 18.6. The third-order valence-electron chi connectivity index (χ3n) is 3.42. The van der Waals surface area contributed by atoms with Gasteiger partial charge in [-0.05, 0) is 40.0 Å². The zero-order valence-electron chi connectivity index (χ0n) is 16.3. The highest BCUT2D eigenvalue weighted by Gasteiger charge is 2.36. The molecule has 0 amide bonds. The molecule has 0 spiro atoms. The Hall–Kier alpha value is -0.940. The van der Waals surface area contributed by atoms with Gasteiger partial charge in [0.15, 0.2) is 5.78 Å². The second kappa shape index (κ2) is 8.25. The molecule has 5 nitrogen and oxygen atoms in total. The fraction of sp³-hybridized carbons (Fsp3) is 0.889. The summed E-state index contributed by atoms with van der Waals surface area (Å²) in [5.41, 5.74) is 5.37. The molecular formula is C18H36N2O3. The third-order valence-corrected chi connectivity index (χ3v) is 3.42. The summed E-state index contributed by atoms with van der Waals surface area (Å²) in [6.45, 7) is 17.2. The first-order chi connectivity index (χ1) is 10.1. The van der Waals surface area contributed by atoms with Crippen molar-refractivity contribution in [2.45, 2.75) is 92.5 Å². The van der Waals surface area contributed by atoms with Crippen LogP contribution in [0.1, 0.15) is 68.7 Å². The van der Waals surface area contributed by atoms with Gasteiger partial charge in [0.25, 0.3) is 0 Å². The standard InChI is InChI=1S/C18H36N2O3/c1-11(2)10-13(14(19)15(21)17(4,5)6)23-16(22)12(3)20-18(7,8)9/h11-14,20H,10,19H2,1-9H3. The fourth-order valence-corrected chi connectivity index (χ4v) is 2.36. The Kier molecular flexibility index (Phi) is 7.91. The van der Waals surface area contributed by atoms with E-state index in [-0.39, 0.29) is 23.2 Å². The smallest absolute Gasteiger partial charge is 0.323 e. The normalized spacial score (nSPS) is 16.8. The van der Waals surface area contributed by atoms with Gasteiger partial charge in [0.05, 0.1) is 0 Å². The average molecular weight is 328 g/mol. The van der Waals surface area contributed by atoms with E-state index in [0.717, 1.165) is 0 Å². The molecule has 23 heavy (non-hydrogen) atoms. The molecule has 0 rings (SSSR count). The van der Waals surface area contributed by atoms with Gasteiger partial charge in [-0.1, -0.05) is 34.6 Å². The maximum absolute atomic E-state index is 12.4. The number of carbonyl (C=O) groups excluding carboxylic acids is 2. The molecule has 0 radical (unpaired) electrons. The highest BCUT2D eigenvalue weighted by atomic mass is 16.5. The second-order valence-electron chi connectivity index (χ2n) is 8.86. The summed E-state index contributed by atoms with van der Waals surface area (Å²) in [6.07, 6.45) is -0.0322. The van der Waals surface area contributed by atoms with E-state index in [1.165, 1.54) is 0 Å². The number of ketones is 1. The Morgan fingerprint density at radius 2 is 1.52 bits per heavy atom. The van der Waals surface area contributed by atoms with E-state index in [4.69, 9.17) is 10.5 Å². The number of carbonyl (C=O) groups is 2. The van der Waals surface area contributed by atoms with Crippen LogP contribution in [0.5, 0.6) is 0 Å². The summed E-state index contributed by atoms with van der Waals surface area (Å²) in [6, 6.07) is -1.26. The molecule has 0 aliphatic carbocycles. The summed E-state index contributed by atoms with van der Waals surface area (Å²) in [5.74, 6) is -0.187. The Morgan fingerprint density at radius 3 is 1.87 bits per heavy atom. The second-order valence-corrected chi connectivity index (χ2v) is 8.86. The largest absolute Gasteiger partial charge is 0.459 e. The van der Waals surface area contributed by atoms with Gasteiger partial charge in [-0.25, -0.2) is 0 Å². The van der Waals surface area contributed by atoms with Crippen LogP contribution in [-0.2, 0) is 14.3 Å². The highest BCUT2D eigenvalue weighted by Crippen LogP contribution is 2.21. The number of ether oxygens (including phenoxy) is 1. The van der Waals surface area contributed by atoms with Gasteiger partial charge in [0, 0.05) is 11.0 Å². The maximum Gasteiger partial charge on any atom is 0.323 e. The van der Waals surface area contributed by atoms with Gasteiger partial charge in [0.1, 0.15) is 18.2 Å². The van der Waals surface area contributed by atoms with Crippen molar-refractivity contribution in [1.29, 1.82) is 0 Å². The van der Waals surface area contributed by atoms with Crippen molar-refractivity contribution in [3.8, 4) is 0 Å². The van der Waals surface area contributed by atoms with Gasteiger partial charge in [-0.15, -0.1) is 0 Å². The van der Waals surface area contributed by atoms with Crippen molar-refractivity contribution in [3.05, 3.63) is 0 Å². The molecule has 3 atom stereocenters. The summed E-state index contributed by atoms with van der Waals surface area (Å²) >= 11 is 0. The number of Topliss-reactive ketones (excluding diaryl/α,β-unsaturated/α-hetero) is 1. The lowest BCUT2D eigenvalue weighted by Gasteiger charge is -2.31. The molecule has 0 heterocycles. The van der Waals surface area contributed by atoms with Crippen molar-refractivity contribution < 1.29 is 14.3 Å². The maximum atomic E-state index is 12.4. The van der Waals surface area contributed by atoms with E-state index in [9.17, 15) is 9.59 Å². The molecule has 0 aromatic carbocycles. The first-order valence-electron chi connectivity index (χ1n) is 8.43. The van der Waals surface area contributed by atoms with E-state index < -0.39 is 23.6 Å². The minimum absolute atomic E-state index is 0.0904. The molecule has 0 fully saturated rings. The minimum atomic E-state index is -0.803. The highest BCUT2D eigenvalue weighted by molar-refractivity contribution is 5.89.